The zero-order chi connectivity index (χ0) is 16.8. The van der Waals surface area contributed by atoms with Gasteiger partial charge in [0.1, 0.15) is 0 Å². The first kappa shape index (κ1) is 17.4. The van der Waals surface area contributed by atoms with Gasteiger partial charge in [-0.15, -0.1) is 0 Å². The van der Waals surface area contributed by atoms with Gasteiger partial charge >= 0.3 is 0 Å². The van der Waals surface area contributed by atoms with Gasteiger partial charge in [-0.1, -0.05) is 40.2 Å². The number of anilines is 1. The van der Waals surface area contributed by atoms with Crippen LogP contribution in [0.15, 0.2) is 53.0 Å². The highest BCUT2D eigenvalue weighted by Gasteiger charge is 2.08. The van der Waals surface area contributed by atoms with Crippen LogP contribution in [0.2, 0.25) is 0 Å². The van der Waals surface area contributed by atoms with E-state index in [0.29, 0.717) is 11.3 Å². The van der Waals surface area contributed by atoms with E-state index < -0.39 is 0 Å². The molecule has 1 amide bonds. The van der Waals surface area contributed by atoms with Gasteiger partial charge in [0.15, 0.2) is 5.78 Å². The number of hydrogen-bond acceptors (Lipinski definition) is 3. The third-order valence-electron chi connectivity index (χ3n) is 3.49. The lowest BCUT2D eigenvalue weighted by atomic mass is 10.1. The van der Waals surface area contributed by atoms with Gasteiger partial charge < -0.3 is 10.6 Å². The van der Waals surface area contributed by atoms with Gasteiger partial charge in [-0.25, -0.2) is 0 Å². The first-order chi connectivity index (χ1) is 11.0. The summed E-state index contributed by atoms with van der Waals surface area (Å²) in [5.74, 6) is -0.169. The van der Waals surface area contributed by atoms with Crippen molar-refractivity contribution in [2.75, 3.05) is 11.9 Å². The quantitative estimate of drug-likeness (QED) is 0.752. The Hall–Kier alpha value is -1.98. The third kappa shape index (κ3) is 5.30. The highest BCUT2D eigenvalue weighted by atomic mass is 79.9. The number of halogens is 1. The summed E-state index contributed by atoms with van der Waals surface area (Å²) in [5, 5.41) is 5.97. The minimum Gasteiger partial charge on any atom is -0.325 e. The van der Waals surface area contributed by atoms with Crippen LogP contribution in [0.3, 0.4) is 0 Å². The lowest BCUT2D eigenvalue weighted by Gasteiger charge is -2.14. The number of benzene rings is 2. The highest BCUT2D eigenvalue weighted by molar-refractivity contribution is 9.10. The van der Waals surface area contributed by atoms with E-state index in [1.54, 1.807) is 24.3 Å². The Morgan fingerprint density at radius 3 is 2.48 bits per heavy atom. The number of ketones is 1. The average molecular weight is 375 g/mol. The first-order valence-corrected chi connectivity index (χ1v) is 8.14. The molecule has 2 N–H and O–H groups in total. The summed E-state index contributed by atoms with van der Waals surface area (Å²) in [5.41, 5.74) is 2.32. The fraction of sp³-hybridized carbons (Fsp3) is 0.222. The highest BCUT2D eigenvalue weighted by Crippen LogP contribution is 2.16. The third-order valence-corrected chi connectivity index (χ3v) is 4.02. The number of Topliss-reactive ketones (excluding diaryl/α,β-unsaturated/α-hetero) is 1. The second-order valence-corrected chi connectivity index (χ2v) is 6.25. The zero-order valence-electron chi connectivity index (χ0n) is 13.1. The Balaban J connectivity index is 1.88. The lowest BCUT2D eigenvalue weighted by Crippen LogP contribution is -2.30. The van der Waals surface area contributed by atoms with Crippen LogP contribution in [-0.2, 0) is 4.79 Å². The maximum atomic E-state index is 12.0. The molecule has 4 nitrogen and oxygen atoms in total. The van der Waals surface area contributed by atoms with Crippen LogP contribution in [0.25, 0.3) is 0 Å². The molecular weight excluding hydrogens is 356 g/mol. The Labute approximate surface area is 144 Å². The number of hydrogen-bond donors (Lipinski definition) is 2. The molecule has 23 heavy (non-hydrogen) atoms. The Morgan fingerprint density at radius 2 is 1.83 bits per heavy atom. The molecule has 0 aliphatic rings. The van der Waals surface area contributed by atoms with Crippen LogP contribution in [0.1, 0.15) is 35.8 Å². The molecule has 2 aromatic carbocycles. The summed E-state index contributed by atoms with van der Waals surface area (Å²) in [6.45, 7) is 3.71. The predicted octanol–water partition coefficient (Wildman–Crippen LogP) is 3.94. The fourth-order valence-corrected chi connectivity index (χ4v) is 2.40. The minimum absolute atomic E-state index is 0.0249. The van der Waals surface area contributed by atoms with E-state index in [2.05, 4.69) is 26.6 Å². The molecule has 0 bridgehead atoms. The SMILES string of the molecule is CC(=O)c1cccc(NC(=O)CNC(C)c2ccc(Br)cc2)c1. The van der Waals surface area contributed by atoms with Crippen LogP contribution in [-0.4, -0.2) is 18.2 Å². The first-order valence-electron chi connectivity index (χ1n) is 7.35. The van der Waals surface area contributed by atoms with Crippen molar-refractivity contribution in [3.8, 4) is 0 Å². The molecule has 0 heterocycles. The summed E-state index contributed by atoms with van der Waals surface area (Å²) in [6.07, 6.45) is 0. The van der Waals surface area contributed by atoms with Gasteiger partial charge in [0.25, 0.3) is 0 Å². The molecule has 5 heteroatoms. The summed E-state index contributed by atoms with van der Waals surface area (Å²) in [7, 11) is 0. The molecular formula is C18H19BrN2O2. The van der Waals surface area contributed by atoms with Gasteiger partial charge in [0, 0.05) is 21.8 Å². The van der Waals surface area contributed by atoms with E-state index in [4.69, 9.17) is 0 Å². The normalized spacial score (nSPS) is 11.8. The van der Waals surface area contributed by atoms with Crippen LogP contribution in [0.5, 0.6) is 0 Å². The van der Waals surface area contributed by atoms with Gasteiger partial charge in [0.05, 0.1) is 6.54 Å². The monoisotopic (exact) mass is 374 g/mol. The summed E-state index contributed by atoms with van der Waals surface area (Å²) in [4.78, 5) is 23.4. The molecule has 0 spiro atoms. The maximum absolute atomic E-state index is 12.0. The fourth-order valence-electron chi connectivity index (χ4n) is 2.14. The van der Waals surface area contributed by atoms with Gasteiger partial charge in [-0.2, -0.15) is 0 Å². The summed E-state index contributed by atoms with van der Waals surface area (Å²) in [6, 6.07) is 15.0. The predicted molar refractivity (Wildman–Crippen MR) is 95.6 cm³/mol. The Kier molecular flexibility index (Phi) is 6.07. The number of carbonyl (C=O) groups is 2. The summed E-state index contributed by atoms with van der Waals surface area (Å²) >= 11 is 3.40. The van der Waals surface area contributed by atoms with Crippen molar-refractivity contribution in [2.45, 2.75) is 19.9 Å². The molecule has 1 atom stereocenters. The Morgan fingerprint density at radius 1 is 1.13 bits per heavy atom. The maximum Gasteiger partial charge on any atom is 0.238 e. The van der Waals surface area contributed by atoms with Crippen molar-refractivity contribution in [3.63, 3.8) is 0 Å². The average Bonchev–Trinajstić information content (AvgIpc) is 2.53. The topological polar surface area (TPSA) is 58.2 Å². The van der Waals surface area contributed by atoms with Crippen LogP contribution >= 0.6 is 15.9 Å². The molecule has 2 rings (SSSR count). The molecule has 0 aliphatic carbocycles. The number of rotatable bonds is 6. The molecule has 120 valence electrons. The van der Waals surface area contributed by atoms with E-state index in [1.807, 2.05) is 31.2 Å². The molecule has 0 aliphatic heterocycles. The molecule has 0 saturated heterocycles. The standard InChI is InChI=1S/C18H19BrN2O2/c1-12(14-6-8-16(19)9-7-14)20-11-18(23)21-17-5-3-4-15(10-17)13(2)22/h3-10,12,20H,11H2,1-2H3,(H,21,23). The Bertz CT molecular complexity index is 698. The van der Waals surface area contributed by atoms with E-state index >= 15 is 0 Å². The van der Waals surface area contributed by atoms with Gasteiger partial charge in [0.2, 0.25) is 5.91 Å². The van der Waals surface area contributed by atoms with Gasteiger partial charge in [-0.3, -0.25) is 9.59 Å². The van der Waals surface area contributed by atoms with E-state index in [0.717, 1.165) is 10.0 Å². The van der Waals surface area contributed by atoms with E-state index in [1.165, 1.54) is 6.92 Å². The van der Waals surface area contributed by atoms with Crippen molar-refractivity contribution in [3.05, 3.63) is 64.1 Å². The molecule has 2 aromatic rings. The number of carbonyl (C=O) groups excluding carboxylic acids is 2. The van der Waals surface area contributed by atoms with Crippen LogP contribution < -0.4 is 10.6 Å². The largest absolute Gasteiger partial charge is 0.325 e. The van der Waals surface area contributed by atoms with E-state index in [-0.39, 0.29) is 24.3 Å². The van der Waals surface area contributed by atoms with Crippen molar-refractivity contribution in [1.29, 1.82) is 0 Å². The second kappa shape index (κ2) is 8.04. The van der Waals surface area contributed by atoms with Crippen LogP contribution in [0, 0.1) is 0 Å². The summed E-state index contributed by atoms with van der Waals surface area (Å²) < 4.78 is 1.02. The number of amides is 1. The minimum atomic E-state index is -0.144. The molecule has 0 fully saturated rings. The van der Waals surface area contributed by atoms with Gasteiger partial charge in [-0.05, 0) is 43.7 Å². The lowest BCUT2D eigenvalue weighted by molar-refractivity contribution is -0.115. The second-order valence-electron chi connectivity index (χ2n) is 5.34. The zero-order valence-corrected chi connectivity index (χ0v) is 14.7. The molecule has 0 radical (unpaired) electrons. The molecule has 1 unspecified atom stereocenters. The smallest absolute Gasteiger partial charge is 0.238 e. The van der Waals surface area contributed by atoms with Crippen molar-refractivity contribution in [1.82, 2.24) is 5.32 Å². The molecule has 0 aromatic heterocycles. The number of nitrogens with one attached hydrogen (secondary N) is 2. The molecule has 0 saturated carbocycles. The van der Waals surface area contributed by atoms with Crippen molar-refractivity contribution in [2.24, 2.45) is 0 Å². The van der Waals surface area contributed by atoms with Crippen molar-refractivity contribution >= 4 is 33.3 Å². The van der Waals surface area contributed by atoms with E-state index in [9.17, 15) is 9.59 Å². The van der Waals surface area contributed by atoms with Crippen molar-refractivity contribution < 1.29 is 9.59 Å². The van der Waals surface area contributed by atoms with Crippen LogP contribution in [0.4, 0.5) is 5.69 Å².